The molecule has 22 heavy (non-hydrogen) atoms. The number of carbonyl (C=O) groups is 1. The highest BCUT2D eigenvalue weighted by atomic mass is 35.5. The number of hydrogen-bond acceptors (Lipinski definition) is 2. The molecular formula is C17H21ClN2O2. The Morgan fingerprint density at radius 3 is 2.73 bits per heavy atom. The number of rotatable bonds is 3. The normalized spacial score (nSPS) is 22.0. The second kappa shape index (κ2) is 6.31. The summed E-state index contributed by atoms with van der Waals surface area (Å²) < 4.78 is 0. The van der Waals surface area contributed by atoms with Crippen molar-refractivity contribution >= 4 is 28.4 Å². The zero-order chi connectivity index (χ0) is 15.7. The van der Waals surface area contributed by atoms with Crippen molar-refractivity contribution in [3.8, 4) is 0 Å². The van der Waals surface area contributed by atoms with E-state index in [0.717, 1.165) is 36.6 Å². The molecule has 1 aliphatic rings. The third-order valence-corrected chi connectivity index (χ3v) is 4.99. The Balaban J connectivity index is 1.74. The maximum absolute atomic E-state index is 12.7. The molecule has 0 unspecified atom stereocenters. The van der Waals surface area contributed by atoms with Crippen molar-refractivity contribution in [1.82, 2.24) is 9.88 Å². The summed E-state index contributed by atoms with van der Waals surface area (Å²) in [5.74, 6) is 0.412. The first-order valence-corrected chi connectivity index (χ1v) is 8.12. The Bertz CT molecular complexity index is 674. The van der Waals surface area contributed by atoms with Crippen LogP contribution in [0.25, 0.3) is 10.9 Å². The number of nitrogens with one attached hydrogen (secondary N) is 1. The van der Waals surface area contributed by atoms with Crippen molar-refractivity contribution in [2.45, 2.75) is 31.7 Å². The molecule has 1 fully saturated rings. The van der Waals surface area contributed by atoms with Gasteiger partial charge in [-0.05, 0) is 55.9 Å². The van der Waals surface area contributed by atoms with Gasteiger partial charge in [0.1, 0.15) is 5.69 Å². The molecule has 3 rings (SSSR count). The number of aliphatic hydroxyl groups excluding tert-OH is 1. The van der Waals surface area contributed by atoms with Gasteiger partial charge in [0, 0.05) is 35.6 Å². The van der Waals surface area contributed by atoms with Crippen molar-refractivity contribution in [3.05, 3.63) is 35.0 Å². The smallest absolute Gasteiger partial charge is 0.270 e. The number of halogens is 1. The summed E-state index contributed by atoms with van der Waals surface area (Å²) in [4.78, 5) is 17.7. The maximum Gasteiger partial charge on any atom is 0.270 e. The van der Waals surface area contributed by atoms with Gasteiger partial charge in [-0.2, -0.15) is 0 Å². The SMILES string of the molecule is CN(C(=O)c1cc2cc(Cl)ccc2[nH]1)C1CCC(CO)CC1. The van der Waals surface area contributed by atoms with Crippen LogP contribution in [-0.4, -0.2) is 40.6 Å². The molecule has 0 bridgehead atoms. The summed E-state index contributed by atoms with van der Waals surface area (Å²) in [7, 11) is 1.87. The minimum Gasteiger partial charge on any atom is -0.396 e. The monoisotopic (exact) mass is 320 g/mol. The lowest BCUT2D eigenvalue weighted by atomic mass is 9.86. The van der Waals surface area contributed by atoms with Crippen LogP contribution in [0.1, 0.15) is 36.2 Å². The second-order valence-electron chi connectivity index (χ2n) is 6.19. The first kappa shape index (κ1) is 15.4. The molecule has 0 spiro atoms. The van der Waals surface area contributed by atoms with E-state index in [4.69, 9.17) is 11.6 Å². The van der Waals surface area contributed by atoms with Gasteiger partial charge in [0.05, 0.1) is 0 Å². The number of fused-ring (bicyclic) bond motifs is 1. The van der Waals surface area contributed by atoms with E-state index in [0.29, 0.717) is 16.6 Å². The average molecular weight is 321 g/mol. The van der Waals surface area contributed by atoms with E-state index in [1.165, 1.54) is 0 Å². The number of nitrogens with zero attached hydrogens (tertiary/aromatic N) is 1. The average Bonchev–Trinajstić information content (AvgIpc) is 2.96. The summed E-state index contributed by atoms with van der Waals surface area (Å²) in [6, 6.07) is 7.68. The van der Waals surface area contributed by atoms with Crippen molar-refractivity contribution in [1.29, 1.82) is 0 Å². The molecule has 1 aliphatic carbocycles. The van der Waals surface area contributed by atoms with Gasteiger partial charge >= 0.3 is 0 Å². The fraction of sp³-hybridized carbons (Fsp3) is 0.471. The van der Waals surface area contributed by atoms with E-state index < -0.39 is 0 Å². The van der Waals surface area contributed by atoms with Crippen LogP contribution < -0.4 is 0 Å². The Kier molecular flexibility index (Phi) is 4.41. The Labute approximate surface area is 135 Å². The summed E-state index contributed by atoms with van der Waals surface area (Å²) in [5.41, 5.74) is 1.52. The van der Waals surface area contributed by atoms with Gasteiger partial charge in [-0.1, -0.05) is 11.6 Å². The fourth-order valence-corrected chi connectivity index (χ4v) is 3.47. The summed E-state index contributed by atoms with van der Waals surface area (Å²) in [6.45, 7) is 0.257. The number of aromatic nitrogens is 1. The molecule has 1 amide bonds. The van der Waals surface area contributed by atoms with E-state index in [9.17, 15) is 9.90 Å². The topological polar surface area (TPSA) is 56.3 Å². The Hall–Kier alpha value is -1.52. The quantitative estimate of drug-likeness (QED) is 0.910. The highest BCUT2D eigenvalue weighted by Gasteiger charge is 2.27. The van der Waals surface area contributed by atoms with Crippen LogP contribution in [0.5, 0.6) is 0 Å². The number of aromatic amines is 1. The molecule has 0 atom stereocenters. The standard InChI is InChI=1S/C17H21ClN2O2/c1-20(14-5-2-11(10-21)3-6-14)17(22)16-9-12-8-13(18)4-7-15(12)19-16/h4,7-9,11,14,19,21H,2-3,5-6,10H2,1H3. The summed E-state index contributed by atoms with van der Waals surface area (Å²) >= 11 is 5.99. The minimum atomic E-state index is 0.0137. The minimum absolute atomic E-state index is 0.0137. The number of benzene rings is 1. The van der Waals surface area contributed by atoms with E-state index >= 15 is 0 Å². The molecule has 118 valence electrons. The van der Waals surface area contributed by atoms with Crippen molar-refractivity contribution in [2.75, 3.05) is 13.7 Å². The first-order valence-electron chi connectivity index (χ1n) is 7.74. The molecule has 1 heterocycles. The molecule has 2 N–H and O–H groups in total. The van der Waals surface area contributed by atoms with Crippen molar-refractivity contribution in [3.63, 3.8) is 0 Å². The van der Waals surface area contributed by atoms with E-state index in [1.54, 1.807) is 0 Å². The van der Waals surface area contributed by atoms with Gasteiger partial charge in [0.15, 0.2) is 0 Å². The van der Waals surface area contributed by atoms with Crippen molar-refractivity contribution < 1.29 is 9.90 Å². The molecular weight excluding hydrogens is 300 g/mol. The molecule has 5 heteroatoms. The van der Waals surface area contributed by atoms with Gasteiger partial charge in [-0.3, -0.25) is 4.79 Å². The van der Waals surface area contributed by atoms with E-state index in [-0.39, 0.29) is 18.6 Å². The number of amides is 1. The van der Waals surface area contributed by atoms with Crippen LogP contribution in [0.2, 0.25) is 5.02 Å². The maximum atomic E-state index is 12.7. The van der Waals surface area contributed by atoms with Crippen LogP contribution in [0.4, 0.5) is 0 Å². The second-order valence-corrected chi connectivity index (χ2v) is 6.62. The number of carbonyl (C=O) groups excluding carboxylic acids is 1. The van der Waals surface area contributed by atoms with Crippen molar-refractivity contribution in [2.24, 2.45) is 5.92 Å². The van der Waals surface area contributed by atoms with E-state index in [1.807, 2.05) is 36.2 Å². The number of hydrogen-bond donors (Lipinski definition) is 2. The largest absolute Gasteiger partial charge is 0.396 e. The highest BCUT2D eigenvalue weighted by Crippen LogP contribution is 2.28. The van der Waals surface area contributed by atoms with Crippen LogP contribution in [-0.2, 0) is 0 Å². The first-order chi connectivity index (χ1) is 10.6. The predicted molar refractivity (Wildman–Crippen MR) is 88.2 cm³/mol. The van der Waals surface area contributed by atoms with Gasteiger partial charge in [-0.15, -0.1) is 0 Å². The van der Waals surface area contributed by atoms with Crippen LogP contribution >= 0.6 is 11.6 Å². The van der Waals surface area contributed by atoms with Crippen LogP contribution in [0, 0.1) is 5.92 Å². The molecule has 4 nitrogen and oxygen atoms in total. The zero-order valence-corrected chi connectivity index (χ0v) is 13.4. The molecule has 0 aliphatic heterocycles. The molecule has 0 saturated heterocycles. The predicted octanol–water partition coefficient (Wildman–Crippen LogP) is 3.44. The number of aliphatic hydroxyl groups is 1. The highest BCUT2D eigenvalue weighted by molar-refractivity contribution is 6.31. The summed E-state index contributed by atoms with van der Waals surface area (Å²) in [5, 5.41) is 10.8. The Morgan fingerprint density at radius 1 is 1.32 bits per heavy atom. The summed E-state index contributed by atoms with van der Waals surface area (Å²) in [6.07, 6.45) is 3.89. The third-order valence-electron chi connectivity index (χ3n) is 4.76. The van der Waals surface area contributed by atoms with Gasteiger partial charge in [-0.25, -0.2) is 0 Å². The van der Waals surface area contributed by atoms with Crippen LogP contribution in [0.15, 0.2) is 24.3 Å². The van der Waals surface area contributed by atoms with Gasteiger partial charge < -0.3 is 15.0 Å². The lowest BCUT2D eigenvalue weighted by Gasteiger charge is -2.33. The van der Waals surface area contributed by atoms with Gasteiger partial charge in [0.25, 0.3) is 5.91 Å². The van der Waals surface area contributed by atoms with Gasteiger partial charge in [0.2, 0.25) is 0 Å². The van der Waals surface area contributed by atoms with Crippen LogP contribution in [0.3, 0.4) is 0 Å². The van der Waals surface area contributed by atoms with E-state index in [2.05, 4.69) is 4.98 Å². The fourth-order valence-electron chi connectivity index (χ4n) is 3.29. The zero-order valence-electron chi connectivity index (χ0n) is 12.7. The molecule has 1 saturated carbocycles. The lowest BCUT2D eigenvalue weighted by molar-refractivity contribution is 0.0648. The lowest BCUT2D eigenvalue weighted by Crippen LogP contribution is -2.40. The number of H-pyrrole nitrogens is 1. The molecule has 2 aromatic rings. The molecule has 0 radical (unpaired) electrons. The molecule has 1 aromatic heterocycles. The Morgan fingerprint density at radius 2 is 2.05 bits per heavy atom. The molecule has 1 aromatic carbocycles. The third kappa shape index (κ3) is 2.99.